The number of hydrogen-bond donors (Lipinski definition) is 1. The highest BCUT2D eigenvalue weighted by Gasteiger charge is 2.21. The Morgan fingerprint density at radius 1 is 0.781 bits per heavy atom. The number of esters is 1. The van der Waals surface area contributed by atoms with E-state index in [2.05, 4.69) is 5.32 Å². The molecule has 0 unspecified atom stereocenters. The molecule has 32 heavy (non-hydrogen) atoms. The first-order valence-corrected chi connectivity index (χ1v) is 10.4. The van der Waals surface area contributed by atoms with Crippen molar-refractivity contribution in [3.8, 4) is 0 Å². The van der Waals surface area contributed by atoms with Crippen molar-refractivity contribution in [2.24, 2.45) is 0 Å². The van der Waals surface area contributed by atoms with Crippen LogP contribution in [0.4, 0.5) is 0 Å². The van der Waals surface area contributed by atoms with E-state index in [1.54, 1.807) is 25.2 Å². The Kier molecular flexibility index (Phi) is 8.15. The van der Waals surface area contributed by atoms with Crippen molar-refractivity contribution in [3.05, 3.63) is 107 Å². The maximum atomic E-state index is 12.9. The average Bonchev–Trinajstić information content (AvgIpc) is 2.83. The summed E-state index contributed by atoms with van der Waals surface area (Å²) >= 11 is 0. The molecule has 2 amide bonds. The molecule has 0 saturated carbocycles. The number of carbonyl (C=O) groups is 3. The molecule has 0 aliphatic rings. The molecule has 0 saturated heterocycles. The van der Waals surface area contributed by atoms with Gasteiger partial charge in [-0.15, -0.1) is 0 Å². The van der Waals surface area contributed by atoms with Gasteiger partial charge in [-0.1, -0.05) is 72.8 Å². The number of benzene rings is 3. The van der Waals surface area contributed by atoms with E-state index in [0.717, 1.165) is 11.1 Å². The molecule has 6 heteroatoms. The Hall–Kier alpha value is -3.93. The molecule has 0 aromatic heterocycles. The number of amides is 2. The Bertz CT molecular complexity index is 1050. The Labute approximate surface area is 187 Å². The third kappa shape index (κ3) is 6.54. The number of rotatable bonds is 9. The van der Waals surface area contributed by atoms with Gasteiger partial charge in [0.05, 0.1) is 11.1 Å². The fourth-order valence-electron chi connectivity index (χ4n) is 3.23. The van der Waals surface area contributed by atoms with Crippen LogP contribution in [0.5, 0.6) is 0 Å². The SMILES string of the molecule is CN(Cc1ccccc1)C(=O)c1ccccc1C(=O)OCC(=O)NCCc1ccccc1. The van der Waals surface area contributed by atoms with Gasteiger partial charge in [0.15, 0.2) is 6.61 Å². The van der Waals surface area contributed by atoms with Crippen molar-refractivity contribution in [2.45, 2.75) is 13.0 Å². The summed E-state index contributed by atoms with van der Waals surface area (Å²) in [6.45, 7) is 0.447. The van der Waals surface area contributed by atoms with Crippen LogP contribution in [0, 0.1) is 0 Å². The van der Waals surface area contributed by atoms with Crippen LogP contribution in [0.2, 0.25) is 0 Å². The Morgan fingerprint density at radius 3 is 2.00 bits per heavy atom. The van der Waals surface area contributed by atoms with Crippen molar-refractivity contribution >= 4 is 17.8 Å². The summed E-state index contributed by atoms with van der Waals surface area (Å²) < 4.78 is 5.16. The third-order valence-electron chi connectivity index (χ3n) is 4.90. The lowest BCUT2D eigenvalue weighted by Crippen LogP contribution is -2.31. The maximum Gasteiger partial charge on any atom is 0.339 e. The summed E-state index contributed by atoms with van der Waals surface area (Å²) in [6.07, 6.45) is 0.686. The van der Waals surface area contributed by atoms with Crippen LogP contribution in [0.3, 0.4) is 0 Å². The monoisotopic (exact) mass is 430 g/mol. The smallest absolute Gasteiger partial charge is 0.339 e. The topological polar surface area (TPSA) is 75.7 Å². The van der Waals surface area contributed by atoms with E-state index in [9.17, 15) is 14.4 Å². The summed E-state index contributed by atoms with van der Waals surface area (Å²) in [5.74, 6) is -1.40. The molecule has 0 aliphatic heterocycles. The van der Waals surface area contributed by atoms with Gasteiger partial charge in [-0.25, -0.2) is 4.79 Å². The Balaban J connectivity index is 1.54. The van der Waals surface area contributed by atoms with E-state index in [1.165, 1.54) is 11.0 Å². The zero-order valence-electron chi connectivity index (χ0n) is 18.0. The summed E-state index contributed by atoms with van der Waals surface area (Å²) in [5, 5.41) is 2.73. The van der Waals surface area contributed by atoms with Gasteiger partial charge in [-0.2, -0.15) is 0 Å². The molecule has 0 atom stereocenters. The molecular weight excluding hydrogens is 404 g/mol. The first-order chi connectivity index (χ1) is 15.5. The van der Waals surface area contributed by atoms with E-state index in [1.807, 2.05) is 60.7 Å². The van der Waals surface area contributed by atoms with Crippen molar-refractivity contribution in [3.63, 3.8) is 0 Å². The highest BCUT2D eigenvalue weighted by atomic mass is 16.5. The predicted octanol–water partition coefficient (Wildman–Crippen LogP) is 3.47. The minimum atomic E-state index is -0.708. The second-order valence-electron chi connectivity index (χ2n) is 7.35. The number of nitrogens with one attached hydrogen (secondary N) is 1. The highest BCUT2D eigenvalue weighted by Crippen LogP contribution is 2.14. The van der Waals surface area contributed by atoms with Crippen molar-refractivity contribution in [2.75, 3.05) is 20.2 Å². The van der Waals surface area contributed by atoms with Gasteiger partial charge >= 0.3 is 5.97 Å². The van der Waals surface area contributed by atoms with Gasteiger partial charge in [0, 0.05) is 20.1 Å². The minimum Gasteiger partial charge on any atom is -0.452 e. The first kappa shape index (κ1) is 22.7. The van der Waals surface area contributed by atoms with Crippen molar-refractivity contribution < 1.29 is 19.1 Å². The third-order valence-corrected chi connectivity index (χ3v) is 4.90. The molecule has 164 valence electrons. The van der Waals surface area contributed by atoms with Crippen LogP contribution in [-0.4, -0.2) is 42.9 Å². The van der Waals surface area contributed by atoms with Crippen LogP contribution in [0.15, 0.2) is 84.9 Å². The molecule has 3 rings (SSSR count). The van der Waals surface area contributed by atoms with E-state index >= 15 is 0 Å². The lowest BCUT2D eigenvalue weighted by Gasteiger charge is -2.19. The molecule has 3 aromatic rings. The lowest BCUT2D eigenvalue weighted by molar-refractivity contribution is -0.124. The fourth-order valence-corrected chi connectivity index (χ4v) is 3.23. The fraction of sp³-hybridized carbons (Fsp3) is 0.192. The largest absolute Gasteiger partial charge is 0.452 e. The summed E-state index contributed by atoms with van der Waals surface area (Å²) in [7, 11) is 1.68. The summed E-state index contributed by atoms with van der Waals surface area (Å²) in [5.41, 5.74) is 2.46. The van der Waals surface area contributed by atoms with E-state index in [-0.39, 0.29) is 22.9 Å². The zero-order chi connectivity index (χ0) is 22.8. The van der Waals surface area contributed by atoms with Crippen LogP contribution in [0.25, 0.3) is 0 Å². The number of carbonyl (C=O) groups excluding carboxylic acids is 3. The van der Waals surface area contributed by atoms with Gasteiger partial charge in [-0.05, 0) is 29.7 Å². The van der Waals surface area contributed by atoms with Gasteiger partial charge in [0.25, 0.3) is 11.8 Å². The summed E-state index contributed by atoms with van der Waals surface area (Å²) in [4.78, 5) is 39.1. The second-order valence-corrected chi connectivity index (χ2v) is 7.35. The molecule has 0 bridgehead atoms. The minimum absolute atomic E-state index is 0.134. The number of ether oxygens (including phenoxy) is 1. The summed E-state index contributed by atoms with van der Waals surface area (Å²) in [6, 6.07) is 25.8. The molecule has 1 N–H and O–H groups in total. The second kappa shape index (κ2) is 11.5. The Morgan fingerprint density at radius 2 is 1.34 bits per heavy atom. The molecule has 6 nitrogen and oxygen atoms in total. The van der Waals surface area contributed by atoms with E-state index < -0.39 is 12.6 Å². The molecule has 0 radical (unpaired) electrons. The van der Waals surface area contributed by atoms with E-state index in [4.69, 9.17) is 4.74 Å². The maximum absolute atomic E-state index is 12.9. The van der Waals surface area contributed by atoms with Crippen LogP contribution >= 0.6 is 0 Å². The first-order valence-electron chi connectivity index (χ1n) is 10.4. The van der Waals surface area contributed by atoms with Gasteiger partial charge in [0.2, 0.25) is 0 Å². The van der Waals surface area contributed by atoms with Crippen LogP contribution in [-0.2, 0) is 22.5 Å². The lowest BCUT2D eigenvalue weighted by atomic mass is 10.1. The highest BCUT2D eigenvalue weighted by molar-refractivity contribution is 6.05. The zero-order valence-corrected chi connectivity index (χ0v) is 18.0. The predicted molar refractivity (Wildman–Crippen MR) is 122 cm³/mol. The molecule has 0 fully saturated rings. The molecule has 3 aromatic carbocycles. The number of nitrogens with zero attached hydrogens (tertiary/aromatic N) is 1. The number of hydrogen-bond acceptors (Lipinski definition) is 4. The standard InChI is InChI=1S/C26H26N2O4/c1-28(18-21-12-6-3-7-13-21)25(30)22-14-8-9-15-23(22)26(31)32-19-24(29)27-17-16-20-10-4-2-5-11-20/h2-15H,16-19H2,1H3,(H,27,29). The quantitative estimate of drug-likeness (QED) is 0.528. The molecule has 0 heterocycles. The normalized spacial score (nSPS) is 10.3. The van der Waals surface area contributed by atoms with E-state index in [0.29, 0.717) is 19.5 Å². The average molecular weight is 431 g/mol. The van der Waals surface area contributed by atoms with Gasteiger partial charge in [-0.3, -0.25) is 9.59 Å². The van der Waals surface area contributed by atoms with Gasteiger partial charge in [0.1, 0.15) is 0 Å². The molecule has 0 aliphatic carbocycles. The van der Waals surface area contributed by atoms with Crippen LogP contribution in [0.1, 0.15) is 31.8 Å². The van der Waals surface area contributed by atoms with Crippen molar-refractivity contribution in [1.82, 2.24) is 10.2 Å². The van der Waals surface area contributed by atoms with Gasteiger partial charge < -0.3 is 15.0 Å². The molecule has 0 spiro atoms. The molecular formula is C26H26N2O4. The van der Waals surface area contributed by atoms with Crippen LogP contribution < -0.4 is 5.32 Å². The van der Waals surface area contributed by atoms with Crippen molar-refractivity contribution in [1.29, 1.82) is 0 Å².